The van der Waals surface area contributed by atoms with E-state index in [1.807, 2.05) is 67.6 Å². The molecule has 140 valence electrons. The summed E-state index contributed by atoms with van der Waals surface area (Å²) in [4.78, 5) is 27.0. The van der Waals surface area contributed by atoms with E-state index >= 15 is 0 Å². The minimum Gasteiger partial charge on any atom is -0.451 e. The van der Waals surface area contributed by atoms with E-state index in [9.17, 15) is 9.59 Å². The Morgan fingerprint density at radius 3 is 2.22 bits per heavy atom. The lowest BCUT2D eigenvalue weighted by Gasteiger charge is -2.38. The van der Waals surface area contributed by atoms with Crippen molar-refractivity contribution in [2.75, 3.05) is 6.54 Å². The SMILES string of the molecule is CC1(CN)S[C@@H]2CC(=O)N2[C@H]1C(=O)OC(c1ccccc1)c1ccccc1. The van der Waals surface area contributed by atoms with Crippen molar-refractivity contribution in [3.8, 4) is 0 Å². The highest BCUT2D eigenvalue weighted by Crippen LogP contribution is 2.51. The van der Waals surface area contributed by atoms with Crippen molar-refractivity contribution >= 4 is 23.6 Å². The number of carbonyl (C=O) groups is 2. The van der Waals surface area contributed by atoms with Crippen LogP contribution < -0.4 is 5.73 Å². The fourth-order valence-electron chi connectivity index (χ4n) is 3.77. The molecule has 0 saturated carbocycles. The van der Waals surface area contributed by atoms with Crippen molar-refractivity contribution in [2.24, 2.45) is 5.73 Å². The number of β-lactam (4-membered cyclic amide) rings is 1. The van der Waals surface area contributed by atoms with Crippen LogP contribution in [0.15, 0.2) is 60.7 Å². The van der Waals surface area contributed by atoms with Gasteiger partial charge in [0, 0.05) is 6.54 Å². The summed E-state index contributed by atoms with van der Waals surface area (Å²) >= 11 is 1.60. The van der Waals surface area contributed by atoms with Crippen LogP contribution in [0.25, 0.3) is 0 Å². The number of thioether (sulfide) groups is 1. The number of hydrogen-bond donors (Lipinski definition) is 1. The van der Waals surface area contributed by atoms with E-state index in [1.165, 1.54) is 0 Å². The number of fused-ring (bicyclic) bond motifs is 1. The van der Waals surface area contributed by atoms with Crippen molar-refractivity contribution in [2.45, 2.75) is 35.6 Å². The molecule has 2 saturated heterocycles. The first-order valence-electron chi connectivity index (χ1n) is 9.03. The van der Waals surface area contributed by atoms with Gasteiger partial charge in [-0.2, -0.15) is 0 Å². The molecule has 2 heterocycles. The first kappa shape index (κ1) is 18.1. The molecule has 0 aromatic heterocycles. The van der Waals surface area contributed by atoms with Crippen LogP contribution in [0.1, 0.15) is 30.6 Å². The summed E-state index contributed by atoms with van der Waals surface area (Å²) in [5.41, 5.74) is 7.76. The normalized spacial score (nSPS) is 26.6. The lowest BCUT2D eigenvalue weighted by molar-refractivity contribution is -0.164. The molecule has 2 aromatic rings. The summed E-state index contributed by atoms with van der Waals surface area (Å²) in [6.45, 7) is 2.24. The second-order valence-corrected chi connectivity index (χ2v) is 8.85. The maximum atomic E-state index is 13.2. The van der Waals surface area contributed by atoms with Crippen LogP contribution in [-0.2, 0) is 14.3 Å². The predicted octanol–water partition coefficient (Wildman–Crippen LogP) is 2.71. The Hall–Kier alpha value is -2.31. The molecule has 5 nitrogen and oxygen atoms in total. The third-order valence-electron chi connectivity index (χ3n) is 5.28. The Labute approximate surface area is 162 Å². The summed E-state index contributed by atoms with van der Waals surface area (Å²) < 4.78 is 5.47. The third-order valence-corrected chi connectivity index (χ3v) is 6.87. The van der Waals surface area contributed by atoms with E-state index in [1.54, 1.807) is 16.7 Å². The smallest absolute Gasteiger partial charge is 0.331 e. The molecule has 1 amide bonds. The fourth-order valence-corrected chi connectivity index (χ4v) is 5.40. The number of esters is 1. The van der Waals surface area contributed by atoms with Gasteiger partial charge in [0.2, 0.25) is 5.91 Å². The van der Waals surface area contributed by atoms with Gasteiger partial charge in [0.25, 0.3) is 0 Å². The van der Waals surface area contributed by atoms with Crippen molar-refractivity contribution in [3.63, 3.8) is 0 Å². The second kappa shape index (κ2) is 7.02. The van der Waals surface area contributed by atoms with Crippen LogP contribution in [-0.4, -0.2) is 39.5 Å². The number of ether oxygens (including phenoxy) is 1. The summed E-state index contributed by atoms with van der Waals surface area (Å²) in [6, 6.07) is 18.6. The molecule has 0 spiro atoms. The molecule has 0 radical (unpaired) electrons. The van der Waals surface area contributed by atoms with E-state index in [2.05, 4.69) is 0 Å². The van der Waals surface area contributed by atoms with Gasteiger partial charge in [-0.15, -0.1) is 11.8 Å². The predicted molar refractivity (Wildman–Crippen MR) is 105 cm³/mol. The molecule has 0 aliphatic carbocycles. The molecule has 2 N–H and O–H groups in total. The first-order chi connectivity index (χ1) is 13.0. The fraction of sp³-hybridized carbons (Fsp3) is 0.333. The lowest BCUT2D eigenvalue weighted by atomic mass is 9.96. The average Bonchev–Trinajstić information content (AvgIpc) is 2.95. The van der Waals surface area contributed by atoms with Gasteiger partial charge in [0.15, 0.2) is 6.10 Å². The van der Waals surface area contributed by atoms with Crippen LogP contribution in [0, 0.1) is 0 Å². The van der Waals surface area contributed by atoms with Gasteiger partial charge < -0.3 is 15.4 Å². The van der Waals surface area contributed by atoms with Gasteiger partial charge in [-0.3, -0.25) is 4.79 Å². The molecule has 3 atom stereocenters. The Morgan fingerprint density at radius 2 is 1.74 bits per heavy atom. The van der Waals surface area contributed by atoms with Crippen LogP contribution in [0.3, 0.4) is 0 Å². The average molecular weight is 382 g/mol. The molecule has 2 fully saturated rings. The highest BCUT2D eigenvalue weighted by molar-refractivity contribution is 8.01. The van der Waals surface area contributed by atoms with E-state index in [0.29, 0.717) is 13.0 Å². The van der Waals surface area contributed by atoms with Gasteiger partial charge in [-0.05, 0) is 18.1 Å². The van der Waals surface area contributed by atoms with Crippen LogP contribution in [0.5, 0.6) is 0 Å². The van der Waals surface area contributed by atoms with Gasteiger partial charge in [-0.1, -0.05) is 60.7 Å². The third kappa shape index (κ3) is 3.13. The van der Waals surface area contributed by atoms with E-state index in [0.717, 1.165) is 11.1 Å². The lowest BCUT2D eigenvalue weighted by Crippen LogP contribution is -2.59. The zero-order valence-corrected chi connectivity index (χ0v) is 15.9. The number of hydrogen-bond acceptors (Lipinski definition) is 5. The van der Waals surface area contributed by atoms with E-state index in [4.69, 9.17) is 10.5 Å². The topological polar surface area (TPSA) is 72.6 Å². The minimum absolute atomic E-state index is 0.0115. The van der Waals surface area contributed by atoms with Gasteiger partial charge in [0.05, 0.1) is 16.5 Å². The molecule has 2 aromatic carbocycles. The Kier molecular flexibility index (Phi) is 4.70. The van der Waals surface area contributed by atoms with Crippen molar-refractivity contribution in [1.29, 1.82) is 0 Å². The zero-order valence-electron chi connectivity index (χ0n) is 15.1. The first-order valence-corrected chi connectivity index (χ1v) is 9.91. The Morgan fingerprint density at radius 1 is 1.19 bits per heavy atom. The summed E-state index contributed by atoms with van der Waals surface area (Å²) in [7, 11) is 0. The second-order valence-electron chi connectivity index (χ2n) is 7.14. The van der Waals surface area contributed by atoms with Crippen molar-refractivity contribution in [1.82, 2.24) is 4.90 Å². The van der Waals surface area contributed by atoms with Crippen molar-refractivity contribution < 1.29 is 14.3 Å². The van der Waals surface area contributed by atoms with Crippen molar-refractivity contribution in [3.05, 3.63) is 71.8 Å². The molecule has 4 rings (SSSR count). The van der Waals surface area contributed by atoms with E-state index in [-0.39, 0.29) is 11.3 Å². The monoisotopic (exact) mass is 382 g/mol. The molecule has 2 aliphatic rings. The maximum absolute atomic E-state index is 13.2. The van der Waals surface area contributed by atoms with Gasteiger partial charge in [-0.25, -0.2) is 4.79 Å². The van der Waals surface area contributed by atoms with E-state index < -0.39 is 22.9 Å². The number of amides is 1. The molecule has 6 heteroatoms. The minimum atomic E-state index is -0.659. The van der Waals surface area contributed by atoms with Crippen LogP contribution in [0.4, 0.5) is 0 Å². The highest BCUT2D eigenvalue weighted by Gasteiger charge is 2.60. The van der Waals surface area contributed by atoms with Crippen LogP contribution in [0.2, 0.25) is 0 Å². The molecular formula is C21H22N2O3S. The Bertz CT molecular complexity index is 806. The highest BCUT2D eigenvalue weighted by atomic mass is 32.2. The summed E-state index contributed by atoms with van der Waals surface area (Å²) in [5, 5.41) is 0.0236. The standard InChI is InChI=1S/C21H22N2O3S/c1-21(13-22)19(23-16(24)12-17(23)27-21)20(25)26-18(14-8-4-2-5-9-14)15-10-6-3-7-11-15/h2-11,17-19H,12-13,22H2,1H3/t17-,19+,21?/m1/s1. The molecule has 27 heavy (non-hydrogen) atoms. The number of carbonyl (C=O) groups excluding carboxylic acids is 2. The molecular weight excluding hydrogens is 360 g/mol. The quantitative estimate of drug-likeness (QED) is 0.636. The molecule has 2 aliphatic heterocycles. The maximum Gasteiger partial charge on any atom is 0.331 e. The number of rotatable bonds is 5. The Balaban J connectivity index is 1.65. The number of nitrogens with zero attached hydrogens (tertiary/aromatic N) is 1. The van der Waals surface area contributed by atoms with Crippen LogP contribution >= 0.6 is 11.8 Å². The molecule has 0 bridgehead atoms. The number of nitrogens with two attached hydrogens (primary N) is 1. The largest absolute Gasteiger partial charge is 0.451 e. The van der Waals surface area contributed by atoms with Gasteiger partial charge in [0.1, 0.15) is 6.04 Å². The zero-order chi connectivity index (χ0) is 19.0. The van der Waals surface area contributed by atoms with Gasteiger partial charge >= 0.3 is 5.97 Å². The number of benzene rings is 2. The summed E-state index contributed by atoms with van der Waals surface area (Å²) in [5.74, 6) is -0.411. The summed E-state index contributed by atoms with van der Waals surface area (Å²) in [6.07, 6.45) is -0.0625. The molecule has 1 unspecified atom stereocenters.